The molecule has 0 aliphatic heterocycles. The lowest BCUT2D eigenvalue weighted by Crippen LogP contribution is -2.35. The molecule has 1 aromatic carbocycles. The van der Waals surface area contributed by atoms with E-state index in [1.165, 1.54) is 25.7 Å². The van der Waals surface area contributed by atoms with E-state index in [0.717, 1.165) is 35.8 Å². The van der Waals surface area contributed by atoms with Gasteiger partial charge < -0.3 is 10.2 Å². The Morgan fingerprint density at radius 1 is 1.30 bits per heavy atom. The van der Waals surface area contributed by atoms with Gasteiger partial charge in [-0.05, 0) is 57.6 Å². The highest BCUT2D eigenvalue weighted by Crippen LogP contribution is 2.36. The number of anilines is 1. The van der Waals surface area contributed by atoms with Crippen molar-refractivity contribution in [2.75, 3.05) is 18.4 Å². The summed E-state index contributed by atoms with van der Waals surface area (Å²) in [6, 6.07) is 6.63. The molecule has 108 valence electrons. The first kappa shape index (κ1) is 13.5. The first-order valence-corrected chi connectivity index (χ1v) is 7.84. The van der Waals surface area contributed by atoms with Gasteiger partial charge in [0.25, 0.3) is 5.91 Å². The fraction of sp³-hybridized carbons (Fsp3) is 0.588. The molecule has 2 saturated carbocycles. The summed E-state index contributed by atoms with van der Waals surface area (Å²) in [5.41, 5.74) is 2.97. The zero-order chi connectivity index (χ0) is 14.1. The molecule has 0 atom stereocenters. The SMILES string of the molecule is CCNc1ccc(C)cc1C(=O)N(CC1CC1)C1CC1. The van der Waals surface area contributed by atoms with Gasteiger partial charge in [-0.25, -0.2) is 0 Å². The smallest absolute Gasteiger partial charge is 0.256 e. The second-order valence-electron chi connectivity index (χ2n) is 6.21. The third-order valence-corrected chi connectivity index (χ3v) is 4.17. The van der Waals surface area contributed by atoms with E-state index in [1.807, 2.05) is 12.1 Å². The molecule has 0 unspecified atom stereocenters. The number of aryl methyl sites for hydroxylation is 1. The van der Waals surface area contributed by atoms with Crippen molar-refractivity contribution < 1.29 is 4.79 Å². The highest BCUT2D eigenvalue weighted by molar-refractivity contribution is 6.00. The molecule has 3 rings (SSSR count). The van der Waals surface area contributed by atoms with Gasteiger partial charge in [-0.15, -0.1) is 0 Å². The summed E-state index contributed by atoms with van der Waals surface area (Å²) in [6.45, 7) is 5.92. The lowest BCUT2D eigenvalue weighted by atomic mass is 10.1. The van der Waals surface area contributed by atoms with Crippen LogP contribution in [0.1, 0.15) is 48.5 Å². The van der Waals surface area contributed by atoms with Gasteiger partial charge in [-0.2, -0.15) is 0 Å². The van der Waals surface area contributed by atoms with Crippen LogP contribution in [0.2, 0.25) is 0 Å². The van der Waals surface area contributed by atoms with Crippen molar-refractivity contribution >= 4 is 11.6 Å². The van der Waals surface area contributed by atoms with Crippen LogP contribution >= 0.6 is 0 Å². The first-order valence-electron chi connectivity index (χ1n) is 7.84. The lowest BCUT2D eigenvalue weighted by molar-refractivity contribution is 0.0735. The van der Waals surface area contributed by atoms with Gasteiger partial charge in [0, 0.05) is 24.8 Å². The van der Waals surface area contributed by atoms with Crippen molar-refractivity contribution in [1.29, 1.82) is 0 Å². The minimum Gasteiger partial charge on any atom is -0.385 e. The van der Waals surface area contributed by atoms with Crippen molar-refractivity contribution in [2.24, 2.45) is 5.92 Å². The van der Waals surface area contributed by atoms with E-state index in [9.17, 15) is 4.79 Å². The normalized spacial score (nSPS) is 17.9. The predicted molar refractivity (Wildman–Crippen MR) is 82.1 cm³/mol. The summed E-state index contributed by atoms with van der Waals surface area (Å²) >= 11 is 0. The van der Waals surface area contributed by atoms with Gasteiger partial charge in [0.05, 0.1) is 5.56 Å². The molecule has 0 aromatic heterocycles. The molecule has 0 spiro atoms. The van der Waals surface area contributed by atoms with Crippen LogP contribution in [-0.2, 0) is 0 Å². The summed E-state index contributed by atoms with van der Waals surface area (Å²) in [6.07, 6.45) is 4.95. The highest BCUT2D eigenvalue weighted by atomic mass is 16.2. The van der Waals surface area contributed by atoms with Crippen molar-refractivity contribution in [3.63, 3.8) is 0 Å². The Bertz CT molecular complexity index is 504. The van der Waals surface area contributed by atoms with Crippen LogP contribution < -0.4 is 5.32 Å². The topological polar surface area (TPSA) is 32.3 Å². The maximum Gasteiger partial charge on any atom is 0.256 e. The standard InChI is InChI=1S/C17H24N2O/c1-3-18-16-9-4-12(2)10-15(16)17(20)19(14-7-8-14)11-13-5-6-13/h4,9-10,13-14,18H,3,5-8,11H2,1-2H3. The Kier molecular flexibility index (Phi) is 3.68. The van der Waals surface area contributed by atoms with Gasteiger partial charge in [-0.1, -0.05) is 11.6 Å². The van der Waals surface area contributed by atoms with E-state index in [4.69, 9.17) is 0 Å². The Labute approximate surface area is 121 Å². The van der Waals surface area contributed by atoms with Crippen LogP contribution in [0.4, 0.5) is 5.69 Å². The molecule has 0 saturated heterocycles. The van der Waals surface area contributed by atoms with Crippen molar-refractivity contribution in [1.82, 2.24) is 4.90 Å². The fourth-order valence-electron chi connectivity index (χ4n) is 2.70. The molecule has 1 aromatic rings. The number of nitrogens with one attached hydrogen (secondary N) is 1. The number of rotatable bonds is 6. The number of hydrogen-bond acceptors (Lipinski definition) is 2. The zero-order valence-corrected chi connectivity index (χ0v) is 12.5. The summed E-state index contributed by atoms with van der Waals surface area (Å²) in [7, 11) is 0. The van der Waals surface area contributed by atoms with Crippen LogP contribution in [-0.4, -0.2) is 29.9 Å². The molecule has 0 heterocycles. The van der Waals surface area contributed by atoms with Crippen molar-refractivity contribution in [2.45, 2.75) is 45.6 Å². The predicted octanol–water partition coefficient (Wildman–Crippen LogP) is 3.44. The highest BCUT2D eigenvalue weighted by Gasteiger charge is 2.37. The molecular formula is C17H24N2O. The van der Waals surface area contributed by atoms with Gasteiger partial charge in [-0.3, -0.25) is 4.79 Å². The number of benzene rings is 1. The molecule has 3 nitrogen and oxygen atoms in total. The molecule has 2 fully saturated rings. The van der Waals surface area contributed by atoms with Gasteiger partial charge in [0.2, 0.25) is 0 Å². The summed E-state index contributed by atoms with van der Waals surface area (Å²) in [5.74, 6) is 0.978. The molecule has 0 bridgehead atoms. The van der Waals surface area contributed by atoms with Gasteiger partial charge in [0.15, 0.2) is 0 Å². The van der Waals surface area contributed by atoms with E-state index in [2.05, 4.69) is 30.1 Å². The van der Waals surface area contributed by atoms with Crippen LogP contribution in [0.3, 0.4) is 0 Å². The molecule has 2 aliphatic rings. The number of carbonyl (C=O) groups excluding carboxylic acids is 1. The third-order valence-electron chi connectivity index (χ3n) is 4.17. The first-order chi connectivity index (χ1) is 9.69. The Morgan fingerprint density at radius 2 is 2.05 bits per heavy atom. The lowest BCUT2D eigenvalue weighted by Gasteiger charge is -2.24. The van der Waals surface area contributed by atoms with Crippen LogP contribution in [0.25, 0.3) is 0 Å². The van der Waals surface area contributed by atoms with Crippen molar-refractivity contribution in [3.8, 4) is 0 Å². The molecule has 0 radical (unpaired) electrons. The van der Waals surface area contributed by atoms with E-state index in [1.54, 1.807) is 0 Å². The number of nitrogens with zero attached hydrogens (tertiary/aromatic N) is 1. The average Bonchev–Trinajstić information content (AvgIpc) is 3.30. The molecule has 1 N–H and O–H groups in total. The Balaban J connectivity index is 1.84. The van der Waals surface area contributed by atoms with E-state index >= 15 is 0 Å². The largest absolute Gasteiger partial charge is 0.385 e. The van der Waals surface area contributed by atoms with E-state index < -0.39 is 0 Å². The van der Waals surface area contributed by atoms with Crippen LogP contribution in [0, 0.1) is 12.8 Å². The van der Waals surface area contributed by atoms with E-state index in [0.29, 0.717) is 6.04 Å². The quantitative estimate of drug-likeness (QED) is 0.860. The van der Waals surface area contributed by atoms with Gasteiger partial charge in [0.1, 0.15) is 0 Å². The number of carbonyl (C=O) groups is 1. The maximum absolute atomic E-state index is 12.9. The summed E-state index contributed by atoms with van der Waals surface area (Å²) in [5, 5.41) is 3.32. The summed E-state index contributed by atoms with van der Waals surface area (Å²) < 4.78 is 0. The maximum atomic E-state index is 12.9. The molecular weight excluding hydrogens is 248 g/mol. The monoisotopic (exact) mass is 272 g/mol. The molecule has 3 heteroatoms. The van der Waals surface area contributed by atoms with E-state index in [-0.39, 0.29) is 5.91 Å². The zero-order valence-electron chi connectivity index (χ0n) is 12.5. The Morgan fingerprint density at radius 3 is 2.65 bits per heavy atom. The molecule has 1 amide bonds. The van der Waals surface area contributed by atoms with Gasteiger partial charge >= 0.3 is 0 Å². The number of amides is 1. The van der Waals surface area contributed by atoms with Crippen molar-refractivity contribution in [3.05, 3.63) is 29.3 Å². The average molecular weight is 272 g/mol. The van der Waals surface area contributed by atoms with Crippen LogP contribution in [0.5, 0.6) is 0 Å². The minimum atomic E-state index is 0.221. The van der Waals surface area contributed by atoms with Crippen LogP contribution in [0.15, 0.2) is 18.2 Å². The number of hydrogen-bond donors (Lipinski definition) is 1. The summed E-state index contributed by atoms with van der Waals surface area (Å²) in [4.78, 5) is 15.1. The second-order valence-corrected chi connectivity index (χ2v) is 6.21. The minimum absolute atomic E-state index is 0.221. The fourth-order valence-corrected chi connectivity index (χ4v) is 2.70. The molecule has 2 aliphatic carbocycles. The molecule has 20 heavy (non-hydrogen) atoms. The third kappa shape index (κ3) is 2.97. The second kappa shape index (κ2) is 5.47. The Hall–Kier alpha value is -1.51.